The van der Waals surface area contributed by atoms with E-state index in [2.05, 4.69) is 10.2 Å². The van der Waals surface area contributed by atoms with Crippen molar-refractivity contribution in [1.82, 2.24) is 10.2 Å². The van der Waals surface area contributed by atoms with Gasteiger partial charge in [-0.25, -0.2) is 0 Å². The molecule has 0 atom stereocenters. The number of carbonyl (C=O) groups is 1. The van der Waals surface area contributed by atoms with Crippen LogP contribution in [0.4, 0.5) is 0 Å². The second-order valence-electron chi connectivity index (χ2n) is 4.26. The molecule has 0 amide bonds. The summed E-state index contributed by atoms with van der Waals surface area (Å²) in [4.78, 5) is 11.2. The van der Waals surface area contributed by atoms with E-state index in [9.17, 15) is 4.79 Å². The lowest BCUT2D eigenvalue weighted by atomic mass is 10.2. The van der Waals surface area contributed by atoms with Crippen LogP contribution < -0.4 is 4.74 Å². The molecule has 0 fully saturated rings. The SMILES string of the molecule is CCOC(=O)CSc1nnc(COc2ccc(Cl)c(C)c2)o1. The predicted octanol–water partition coefficient (Wildman–Crippen LogP) is 3.27. The van der Waals surface area contributed by atoms with Crippen molar-refractivity contribution in [1.29, 1.82) is 0 Å². The highest BCUT2D eigenvalue weighted by molar-refractivity contribution is 7.99. The van der Waals surface area contributed by atoms with Gasteiger partial charge >= 0.3 is 5.97 Å². The number of hydrogen-bond donors (Lipinski definition) is 0. The number of benzene rings is 1. The van der Waals surface area contributed by atoms with Gasteiger partial charge in [0.25, 0.3) is 11.1 Å². The Hall–Kier alpha value is -1.73. The fourth-order valence-corrected chi connectivity index (χ4v) is 2.23. The summed E-state index contributed by atoms with van der Waals surface area (Å²) in [5.74, 6) is 0.812. The molecule has 1 heterocycles. The van der Waals surface area contributed by atoms with Crippen LogP contribution >= 0.6 is 23.4 Å². The number of rotatable bonds is 7. The summed E-state index contributed by atoms with van der Waals surface area (Å²) in [5, 5.41) is 8.67. The van der Waals surface area contributed by atoms with Crippen molar-refractivity contribution < 1.29 is 18.7 Å². The molecule has 1 aromatic carbocycles. The van der Waals surface area contributed by atoms with Crippen LogP contribution in [0.5, 0.6) is 5.75 Å². The first kappa shape index (κ1) is 16.6. The summed E-state index contributed by atoms with van der Waals surface area (Å²) in [7, 11) is 0. The lowest BCUT2D eigenvalue weighted by Gasteiger charge is -2.05. The molecule has 0 N–H and O–H groups in total. The maximum atomic E-state index is 11.2. The second-order valence-corrected chi connectivity index (χ2v) is 5.59. The minimum atomic E-state index is -0.319. The minimum absolute atomic E-state index is 0.132. The van der Waals surface area contributed by atoms with Crippen LogP contribution in [-0.4, -0.2) is 28.5 Å². The highest BCUT2D eigenvalue weighted by Crippen LogP contribution is 2.22. The third-order valence-electron chi connectivity index (χ3n) is 2.56. The van der Waals surface area contributed by atoms with E-state index in [-0.39, 0.29) is 18.3 Å². The quantitative estimate of drug-likeness (QED) is 0.564. The predicted molar refractivity (Wildman–Crippen MR) is 82.2 cm³/mol. The number of ether oxygens (including phenoxy) is 2. The molecule has 2 aromatic rings. The number of nitrogens with zero attached hydrogens (tertiary/aromatic N) is 2. The van der Waals surface area contributed by atoms with Gasteiger partial charge in [-0.1, -0.05) is 23.4 Å². The van der Waals surface area contributed by atoms with E-state index >= 15 is 0 Å². The molecule has 6 nitrogen and oxygen atoms in total. The summed E-state index contributed by atoms with van der Waals surface area (Å²) >= 11 is 7.07. The molecule has 0 aliphatic carbocycles. The van der Waals surface area contributed by atoms with Crippen molar-refractivity contribution in [2.45, 2.75) is 25.7 Å². The van der Waals surface area contributed by atoms with E-state index in [4.69, 9.17) is 25.5 Å². The van der Waals surface area contributed by atoms with E-state index in [0.717, 1.165) is 17.3 Å². The summed E-state index contributed by atoms with van der Waals surface area (Å²) in [5.41, 5.74) is 0.926. The van der Waals surface area contributed by atoms with Crippen LogP contribution in [0.15, 0.2) is 27.8 Å². The van der Waals surface area contributed by atoms with Gasteiger partial charge in [-0.2, -0.15) is 0 Å². The normalized spacial score (nSPS) is 10.5. The lowest BCUT2D eigenvalue weighted by molar-refractivity contribution is -0.139. The fraction of sp³-hybridized carbons (Fsp3) is 0.357. The van der Waals surface area contributed by atoms with Crippen molar-refractivity contribution in [3.05, 3.63) is 34.7 Å². The van der Waals surface area contributed by atoms with Gasteiger partial charge in [-0.3, -0.25) is 4.79 Å². The molecule has 1 aromatic heterocycles. The molecular formula is C14H15ClN2O4S. The number of aromatic nitrogens is 2. The Morgan fingerprint density at radius 3 is 2.95 bits per heavy atom. The van der Waals surface area contributed by atoms with Crippen LogP contribution in [-0.2, 0) is 16.1 Å². The first-order chi connectivity index (χ1) is 10.6. The maximum Gasteiger partial charge on any atom is 0.316 e. The molecule has 0 radical (unpaired) electrons. The van der Waals surface area contributed by atoms with E-state index in [0.29, 0.717) is 28.5 Å². The van der Waals surface area contributed by atoms with Crippen LogP contribution in [0, 0.1) is 6.92 Å². The monoisotopic (exact) mass is 342 g/mol. The van der Waals surface area contributed by atoms with Crippen molar-refractivity contribution >= 4 is 29.3 Å². The Morgan fingerprint density at radius 2 is 2.23 bits per heavy atom. The zero-order chi connectivity index (χ0) is 15.9. The summed E-state index contributed by atoms with van der Waals surface area (Å²) in [6.07, 6.45) is 0. The maximum absolute atomic E-state index is 11.2. The van der Waals surface area contributed by atoms with Crippen molar-refractivity contribution in [3.63, 3.8) is 0 Å². The van der Waals surface area contributed by atoms with Crippen LogP contribution in [0.3, 0.4) is 0 Å². The summed E-state index contributed by atoms with van der Waals surface area (Å²) in [6, 6.07) is 5.36. The van der Waals surface area contributed by atoms with Crippen LogP contribution in [0.2, 0.25) is 5.02 Å². The van der Waals surface area contributed by atoms with Gasteiger partial charge in [0.2, 0.25) is 0 Å². The molecule has 0 saturated carbocycles. The molecule has 8 heteroatoms. The minimum Gasteiger partial charge on any atom is -0.484 e. The van der Waals surface area contributed by atoms with Crippen molar-refractivity contribution in [2.24, 2.45) is 0 Å². The van der Waals surface area contributed by atoms with Gasteiger partial charge in [0.05, 0.1) is 6.61 Å². The highest BCUT2D eigenvalue weighted by Gasteiger charge is 2.10. The molecule has 2 rings (SSSR count). The number of halogens is 1. The Kier molecular flexibility index (Phi) is 6.09. The van der Waals surface area contributed by atoms with Gasteiger partial charge in [-0.15, -0.1) is 10.2 Å². The Balaban J connectivity index is 1.84. The van der Waals surface area contributed by atoms with Crippen molar-refractivity contribution in [3.8, 4) is 5.75 Å². The van der Waals surface area contributed by atoms with Gasteiger partial charge in [0.15, 0.2) is 6.61 Å². The molecule has 0 spiro atoms. The standard InChI is InChI=1S/C14H15ClN2O4S/c1-3-19-13(18)8-22-14-17-16-12(21-14)7-20-10-4-5-11(15)9(2)6-10/h4-6H,3,7-8H2,1-2H3. The molecule has 0 unspecified atom stereocenters. The van der Waals surface area contributed by atoms with Gasteiger partial charge in [0, 0.05) is 5.02 Å². The van der Waals surface area contributed by atoms with Gasteiger partial charge in [-0.05, 0) is 37.6 Å². The second kappa shape index (κ2) is 8.05. The van der Waals surface area contributed by atoms with E-state index in [1.54, 1.807) is 19.1 Å². The third-order valence-corrected chi connectivity index (χ3v) is 3.77. The fourth-order valence-electron chi connectivity index (χ4n) is 1.53. The number of carbonyl (C=O) groups excluding carboxylic acids is 1. The first-order valence-electron chi connectivity index (χ1n) is 6.58. The molecule has 22 heavy (non-hydrogen) atoms. The zero-order valence-corrected chi connectivity index (χ0v) is 13.7. The molecule has 0 bridgehead atoms. The van der Waals surface area contributed by atoms with Crippen molar-refractivity contribution in [2.75, 3.05) is 12.4 Å². The van der Waals surface area contributed by atoms with Gasteiger partial charge in [0.1, 0.15) is 11.5 Å². The highest BCUT2D eigenvalue weighted by atomic mass is 35.5. The zero-order valence-electron chi connectivity index (χ0n) is 12.2. The van der Waals surface area contributed by atoms with E-state index < -0.39 is 0 Å². The third kappa shape index (κ3) is 4.92. The molecule has 118 valence electrons. The number of aryl methyl sites for hydroxylation is 1. The first-order valence-corrected chi connectivity index (χ1v) is 7.94. The molecule has 0 aliphatic heterocycles. The van der Waals surface area contributed by atoms with Gasteiger partial charge < -0.3 is 13.9 Å². The average Bonchev–Trinajstić information content (AvgIpc) is 2.95. The largest absolute Gasteiger partial charge is 0.484 e. The summed E-state index contributed by atoms with van der Waals surface area (Å²) < 4.78 is 15.7. The molecular weight excluding hydrogens is 328 g/mol. The van der Waals surface area contributed by atoms with Crippen LogP contribution in [0.25, 0.3) is 0 Å². The summed E-state index contributed by atoms with van der Waals surface area (Å²) in [6.45, 7) is 4.14. The van der Waals surface area contributed by atoms with E-state index in [1.165, 1.54) is 0 Å². The Bertz CT molecular complexity index is 648. The Labute approximate surface area is 137 Å². The van der Waals surface area contributed by atoms with E-state index in [1.807, 2.05) is 13.0 Å². The smallest absolute Gasteiger partial charge is 0.316 e. The molecule has 0 saturated heterocycles. The Morgan fingerprint density at radius 1 is 1.41 bits per heavy atom. The number of thioether (sulfide) groups is 1. The van der Waals surface area contributed by atoms with Crippen LogP contribution in [0.1, 0.15) is 18.4 Å². The topological polar surface area (TPSA) is 74.5 Å². The number of esters is 1. The number of hydrogen-bond acceptors (Lipinski definition) is 7. The average molecular weight is 343 g/mol. The molecule has 0 aliphatic rings. The lowest BCUT2D eigenvalue weighted by Crippen LogP contribution is -2.06.